The molecule has 0 aliphatic rings. The molecule has 5 nitrogen and oxygen atoms in total. The highest BCUT2D eigenvalue weighted by Gasteiger charge is 2.00. The predicted octanol–water partition coefficient (Wildman–Crippen LogP) is 1.01. The summed E-state index contributed by atoms with van der Waals surface area (Å²) in [5, 5.41) is 8.18. The molecule has 0 unspecified atom stereocenters. The third-order valence-corrected chi connectivity index (χ3v) is 1.89. The number of carbonyl (C=O) groups is 2. The van der Waals surface area contributed by atoms with Gasteiger partial charge in [0.2, 0.25) is 5.91 Å². The maximum atomic E-state index is 10.7. The van der Waals surface area contributed by atoms with Crippen molar-refractivity contribution < 1.29 is 19.5 Å². The van der Waals surface area contributed by atoms with Gasteiger partial charge in [-0.2, -0.15) is 0 Å². The molecular formula is C9H17NO4. The van der Waals surface area contributed by atoms with Crippen LogP contribution in [0.25, 0.3) is 0 Å². The van der Waals surface area contributed by atoms with E-state index in [1.54, 1.807) is 5.48 Å². The van der Waals surface area contributed by atoms with Crippen molar-refractivity contribution in [1.82, 2.24) is 5.48 Å². The van der Waals surface area contributed by atoms with Gasteiger partial charge in [-0.1, -0.05) is 12.8 Å². The normalized spacial score (nSPS) is 9.57. The Bertz CT molecular complexity index is 162. The summed E-state index contributed by atoms with van der Waals surface area (Å²) in [4.78, 5) is 21.2. The van der Waals surface area contributed by atoms with Crippen molar-refractivity contribution in [1.29, 1.82) is 0 Å². The molecule has 0 fully saturated rings. The maximum Gasteiger partial charge on any atom is 0.305 e. The van der Waals surface area contributed by atoms with E-state index in [1.165, 1.54) is 7.11 Å². The quantitative estimate of drug-likeness (QED) is 0.280. The molecule has 2 N–H and O–H groups in total. The second kappa shape index (κ2) is 8.50. The molecule has 1 amide bonds. The highest BCUT2D eigenvalue weighted by molar-refractivity contribution is 5.74. The van der Waals surface area contributed by atoms with Gasteiger partial charge >= 0.3 is 5.97 Å². The van der Waals surface area contributed by atoms with Crippen LogP contribution < -0.4 is 5.48 Å². The Morgan fingerprint density at radius 3 is 2.21 bits per heavy atom. The zero-order chi connectivity index (χ0) is 10.8. The number of unbranched alkanes of at least 4 members (excludes halogenated alkanes) is 3. The van der Waals surface area contributed by atoms with Crippen molar-refractivity contribution in [3.8, 4) is 0 Å². The summed E-state index contributed by atoms with van der Waals surface area (Å²) >= 11 is 0. The SMILES string of the molecule is COC(=O)CCCCCCC(=O)NO. The summed E-state index contributed by atoms with van der Waals surface area (Å²) in [5.41, 5.74) is 1.57. The lowest BCUT2D eigenvalue weighted by molar-refractivity contribution is -0.140. The number of hydrogen-bond donors (Lipinski definition) is 2. The van der Waals surface area contributed by atoms with E-state index >= 15 is 0 Å². The molecule has 0 bridgehead atoms. The Balaban J connectivity index is 3.14. The first kappa shape index (κ1) is 12.9. The van der Waals surface area contributed by atoms with Crippen molar-refractivity contribution in [3.63, 3.8) is 0 Å². The molecule has 5 heteroatoms. The van der Waals surface area contributed by atoms with Gasteiger partial charge in [-0.25, -0.2) is 5.48 Å². The van der Waals surface area contributed by atoms with E-state index in [4.69, 9.17) is 5.21 Å². The van der Waals surface area contributed by atoms with E-state index in [9.17, 15) is 9.59 Å². The molecule has 0 aromatic rings. The van der Waals surface area contributed by atoms with E-state index in [0.29, 0.717) is 12.8 Å². The largest absolute Gasteiger partial charge is 0.469 e. The Morgan fingerprint density at radius 1 is 1.14 bits per heavy atom. The molecule has 0 radical (unpaired) electrons. The van der Waals surface area contributed by atoms with Crippen LogP contribution in [-0.4, -0.2) is 24.2 Å². The number of hydroxylamine groups is 1. The first-order chi connectivity index (χ1) is 6.70. The monoisotopic (exact) mass is 203 g/mol. The second-order valence-electron chi connectivity index (χ2n) is 3.03. The molecule has 0 atom stereocenters. The zero-order valence-electron chi connectivity index (χ0n) is 8.41. The second-order valence-corrected chi connectivity index (χ2v) is 3.03. The molecule has 0 aromatic carbocycles. The minimum absolute atomic E-state index is 0.196. The third kappa shape index (κ3) is 7.54. The van der Waals surface area contributed by atoms with Gasteiger partial charge in [0.1, 0.15) is 0 Å². The van der Waals surface area contributed by atoms with Gasteiger partial charge in [0.15, 0.2) is 0 Å². The molecule has 0 saturated heterocycles. The van der Waals surface area contributed by atoms with Gasteiger partial charge in [-0.05, 0) is 12.8 Å². The molecule has 0 aliphatic carbocycles. The molecule has 0 aliphatic heterocycles. The average Bonchev–Trinajstić information content (AvgIpc) is 2.22. The van der Waals surface area contributed by atoms with Gasteiger partial charge in [0, 0.05) is 12.8 Å². The van der Waals surface area contributed by atoms with E-state index in [2.05, 4.69) is 4.74 Å². The Labute approximate surface area is 83.4 Å². The minimum Gasteiger partial charge on any atom is -0.469 e. The number of esters is 1. The fraction of sp³-hybridized carbons (Fsp3) is 0.778. The fourth-order valence-electron chi connectivity index (χ4n) is 1.07. The van der Waals surface area contributed by atoms with Crippen molar-refractivity contribution in [2.45, 2.75) is 38.5 Å². The summed E-state index contributed by atoms with van der Waals surface area (Å²) in [5.74, 6) is -0.559. The summed E-state index contributed by atoms with van der Waals surface area (Å²) in [6, 6.07) is 0. The van der Waals surface area contributed by atoms with E-state index in [-0.39, 0.29) is 11.9 Å². The van der Waals surface area contributed by atoms with E-state index < -0.39 is 0 Å². The summed E-state index contributed by atoms with van der Waals surface area (Å²) in [6.07, 6.45) is 4.05. The molecule has 0 saturated carbocycles. The van der Waals surface area contributed by atoms with Crippen LogP contribution in [0.15, 0.2) is 0 Å². The lowest BCUT2D eigenvalue weighted by Crippen LogP contribution is -2.17. The van der Waals surface area contributed by atoms with Crippen molar-refractivity contribution in [3.05, 3.63) is 0 Å². The summed E-state index contributed by atoms with van der Waals surface area (Å²) < 4.78 is 4.48. The van der Waals surface area contributed by atoms with Crippen LogP contribution in [0.4, 0.5) is 0 Å². The van der Waals surface area contributed by atoms with Gasteiger partial charge in [-0.3, -0.25) is 14.8 Å². The van der Waals surface area contributed by atoms with Gasteiger partial charge in [0.25, 0.3) is 0 Å². The fourth-order valence-corrected chi connectivity index (χ4v) is 1.07. The van der Waals surface area contributed by atoms with Gasteiger partial charge in [0.05, 0.1) is 7.11 Å². The number of amides is 1. The van der Waals surface area contributed by atoms with Gasteiger partial charge < -0.3 is 4.74 Å². The number of carbonyl (C=O) groups excluding carboxylic acids is 2. The molecule has 0 spiro atoms. The Hall–Kier alpha value is -1.10. The van der Waals surface area contributed by atoms with Crippen LogP contribution in [0.5, 0.6) is 0 Å². The summed E-state index contributed by atoms with van der Waals surface area (Å²) in [6.45, 7) is 0. The number of rotatable bonds is 7. The average molecular weight is 203 g/mol. The van der Waals surface area contributed by atoms with Crippen LogP contribution >= 0.6 is 0 Å². The summed E-state index contributed by atoms with van der Waals surface area (Å²) in [7, 11) is 1.37. The minimum atomic E-state index is -0.363. The Kier molecular flexibility index (Phi) is 7.83. The molecule has 82 valence electrons. The first-order valence-electron chi connectivity index (χ1n) is 4.70. The van der Waals surface area contributed by atoms with Crippen molar-refractivity contribution in [2.75, 3.05) is 7.11 Å². The highest BCUT2D eigenvalue weighted by atomic mass is 16.5. The molecule has 0 rings (SSSR count). The lowest BCUT2D eigenvalue weighted by Gasteiger charge is -2.00. The van der Waals surface area contributed by atoms with Crippen LogP contribution in [0.2, 0.25) is 0 Å². The van der Waals surface area contributed by atoms with Crippen LogP contribution in [0, 0.1) is 0 Å². The van der Waals surface area contributed by atoms with Crippen LogP contribution in [0.1, 0.15) is 38.5 Å². The predicted molar refractivity (Wildman–Crippen MR) is 49.6 cm³/mol. The number of methoxy groups -OCH3 is 1. The number of ether oxygens (including phenoxy) is 1. The molecule has 0 heterocycles. The van der Waals surface area contributed by atoms with Crippen molar-refractivity contribution in [2.24, 2.45) is 0 Å². The first-order valence-corrected chi connectivity index (χ1v) is 4.70. The molecule has 0 aromatic heterocycles. The van der Waals surface area contributed by atoms with Gasteiger partial charge in [-0.15, -0.1) is 0 Å². The van der Waals surface area contributed by atoms with E-state index in [1.807, 2.05) is 0 Å². The number of nitrogens with one attached hydrogen (secondary N) is 1. The number of hydrogen-bond acceptors (Lipinski definition) is 4. The standard InChI is InChI=1S/C9H17NO4/c1-14-9(12)7-5-3-2-4-6-8(11)10-13/h13H,2-7H2,1H3,(H,10,11). The Morgan fingerprint density at radius 2 is 1.71 bits per heavy atom. The van der Waals surface area contributed by atoms with Crippen molar-refractivity contribution >= 4 is 11.9 Å². The smallest absolute Gasteiger partial charge is 0.305 e. The lowest BCUT2D eigenvalue weighted by atomic mass is 10.1. The highest BCUT2D eigenvalue weighted by Crippen LogP contribution is 2.05. The maximum absolute atomic E-state index is 10.7. The molecular weight excluding hydrogens is 186 g/mol. The third-order valence-electron chi connectivity index (χ3n) is 1.89. The van der Waals surface area contributed by atoms with Crippen LogP contribution in [0.3, 0.4) is 0 Å². The topological polar surface area (TPSA) is 75.6 Å². The molecule has 14 heavy (non-hydrogen) atoms. The van der Waals surface area contributed by atoms with E-state index in [0.717, 1.165) is 25.7 Å². The van der Waals surface area contributed by atoms with Crippen LogP contribution in [-0.2, 0) is 14.3 Å². The zero-order valence-corrected chi connectivity index (χ0v) is 8.41.